The van der Waals surface area contributed by atoms with Crippen molar-refractivity contribution in [3.63, 3.8) is 0 Å². The van der Waals surface area contributed by atoms with Crippen molar-refractivity contribution in [3.05, 3.63) is 29.8 Å². The number of halogens is 1. The van der Waals surface area contributed by atoms with Gasteiger partial charge in [-0.25, -0.2) is 0 Å². The number of aromatic hydroxyl groups is 1. The van der Waals surface area contributed by atoms with E-state index in [1.165, 1.54) is 24.8 Å². The second-order valence-corrected chi connectivity index (χ2v) is 6.29. The van der Waals surface area contributed by atoms with Crippen molar-refractivity contribution < 1.29 is 5.11 Å². The van der Waals surface area contributed by atoms with E-state index < -0.39 is 0 Å². The Hall–Kier alpha value is -0.500. The van der Waals surface area contributed by atoms with Gasteiger partial charge in [0, 0.05) is 4.83 Å². The summed E-state index contributed by atoms with van der Waals surface area (Å²) in [7, 11) is 0. The van der Waals surface area contributed by atoms with Gasteiger partial charge in [-0.3, -0.25) is 0 Å². The fourth-order valence-electron chi connectivity index (χ4n) is 2.56. The van der Waals surface area contributed by atoms with Gasteiger partial charge in [-0.05, 0) is 48.8 Å². The van der Waals surface area contributed by atoms with Gasteiger partial charge in [0.05, 0.1) is 0 Å². The van der Waals surface area contributed by atoms with E-state index >= 15 is 0 Å². The molecule has 0 aliphatic heterocycles. The maximum Gasteiger partial charge on any atom is 0.115 e. The zero-order chi connectivity index (χ0) is 10.9. The number of alkyl halides is 1. The zero-order valence-corrected chi connectivity index (χ0v) is 10.6. The largest absolute Gasteiger partial charge is 0.508 e. The van der Waals surface area contributed by atoms with Crippen LogP contribution in [0.4, 0.5) is 0 Å². The molecule has 1 aliphatic rings. The van der Waals surface area contributed by atoms with Crippen LogP contribution < -0.4 is 0 Å². The average molecular weight is 269 g/mol. The third-order valence-electron chi connectivity index (χ3n) is 3.32. The number of hydrogen-bond donors (Lipinski definition) is 1. The minimum absolute atomic E-state index is 0.379. The Bertz CT molecular complexity index is 350. The van der Waals surface area contributed by atoms with E-state index in [9.17, 15) is 5.11 Å². The van der Waals surface area contributed by atoms with Crippen LogP contribution >= 0.6 is 15.9 Å². The molecule has 0 bridgehead atoms. The van der Waals surface area contributed by atoms with Crippen LogP contribution in [0.1, 0.15) is 31.7 Å². The number of phenols is 1. The van der Waals surface area contributed by atoms with Gasteiger partial charge < -0.3 is 5.11 Å². The van der Waals surface area contributed by atoms with Crippen LogP contribution in [0, 0.1) is 5.41 Å². The van der Waals surface area contributed by atoms with Crippen molar-refractivity contribution in [1.29, 1.82) is 0 Å². The van der Waals surface area contributed by atoms with Crippen molar-refractivity contribution in [2.75, 3.05) is 0 Å². The monoisotopic (exact) mass is 268 g/mol. The second-order valence-electron chi connectivity index (χ2n) is 5.00. The summed E-state index contributed by atoms with van der Waals surface area (Å²) < 4.78 is 0. The topological polar surface area (TPSA) is 20.2 Å². The molecule has 1 aliphatic carbocycles. The Balaban J connectivity index is 2.08. The van der Waals surface area contributed by atoms with Gasteiger partial charge in [0.25, 0.3) is 0 Å². The summed E-state index contributed by atoms with van der Waals surface area (Å²) in [5.41, 5.74) is 1.65. The Labute approximate surface area is 99.6 Å². The van der Waals surface area contributed by atoms with E-state index in [0.717, 1.165) is 6.42 Å². The lowest BCUT2D eigenvalue weighted by atomic mass is 9.82. The summed E-state index contributed by atoms with van der Waals surface area (Å²) in [5.74, 6) is 0.379. The van der Waals surface area contributed by atoms with Crippen LogP contribution in [0.2, 0.25) is 0 Å². The van der Waals surface area contributed by atoms with E-state index in [4.69, 9.17) is 0 Å². The Morgan fingerprint density at radius 1 is 1.53 bits per heavy atom. The predicted octanol–water partition coefficient (Wildman–Crippen LogP) is 3.89. The fraction of sp³-hybridized carbons (Fsp3) is 0.538. The second kappa shape index (κ2) is 4.17. The van der Waals surface area contributed by atoms with Crippen molar-refractivity contribution in [1.82, 2.24) is 0 Å². The molecule has 82 valence electrons. The van der Waals surface area contributed by atoms with Gasteiger partial charge in [0.15, 0.2) is 0 Å². The van der Waals surface area contributed by atoms with Crippen LogP contribution in [0.15, 0.2) is 24.3 Å². The summed E-state index contributed by atoms with van der Waals surface area (Å²) in [6, 6.07) is 7.64. The van der Waals surface area contributed by atoms with Crippen LogP contribution in [0.25, 0.3) is 0 Å². The van der Waals surface area contributed by atoms with Crippen molar-refractivity contribution >= 4 is 15.9 Å². The normalized spacial score (nSPS) is 30.7. The molecule has 2 atom stereocenters. The SMILES string of the molecule is CC1(Cc2cccc(O)c2)CCC(Br)C1. The third-order valence-corrected chi connectivity index (χ3v) is 4.10. The van der Waals surface area contributed by atoms with Crippen LogP contribution in [0.3, 0.4) is 0 Å². The molecule has 0 amide bonds. The lowest BCUT2D eigenvalue weighted by Gasteiger charge is -2.23. The maximum absolute atomic E-state index is 9.41. The average Bonchev–Trinajstić information content (AvgIpc) is 2.45. The van der Waals surface area contributed by atoms with Gasteiger partial charge in [-0.2, -0.15) is 0 Å². The van der Waals surface area contributed by atoms with E-state index in [-0.39, 0.29) is 0 Å². The predicted molar refractivity (Wildman–Crippen MR) is 66.5 cm³/mol. The molecule has 0 radical (unpaired) electrons. The molecule has 2 rings (SSSR count). The third kappa shape index (κ3) is 2.75. The molecule has 0 spiro atoms. The van der Waals surface area contributed by atoms with E-state index in [1.807, 2.05) is 12.1 Å². The molecule has 1 saturated carbocycles. The minimum atomic E-state index is 0.379. The number of rotatable bonds is 2. The molecular formula is C13H17BrO. The summed E-state index contributed by atoms with van der Waals surface area (Å²) in [5, 5.41) is 9.41. The first-order valence-electron chi connectivity index (χ1n) is 5.49. The molecular weight excluding hydrogens is 252 g/mol. The van der Waals surface area contributed by atoms with Crippen molar-refractivity contribution in [2.24, 2.45) is 5.41 Å². The Morgan fingerprint density at radius 3 is 2.93 bits per heavy atom. The molecule has 1 N–H and O–H groups in total. The molecule has 2 heteroatoms. The molecule has 1 aromatic rings. The van der Waals surface area contributed by atoms with Gasteiger partial charge in [-0.1, -0.05) is 35.0 Å². The van der Waals surface area contributed by atoms with Crippen LogP contribution in [0.5, 0.6) is 5.75 Å². The molecule has 2 unspecified atom stereocenters. The first-order chi connectivity index (χ1) is 7.07. The molecule has 0 aromatic heterocycles. The minimum Gasteiger partial charge on any atom is -0.508 e. The van der Waals surface area contributed by atoms with Crippen molar-refractivity contribution in [2.45, 2.75) is 37.4 Å². The molecule has 1 fully saturated rings. The highest BCUT2D eigenvalue weighted by atomic mass is 79.9. The first kappa shape index (κ1) is 11.0. The molecule has 0 saturated heterocycles. The van der Waals surface area contributed by atoms with Gasteiger partial charge in [0.1, 0.15) is 5.75 Å². The standard InChI is InChI=1S/C13H17BrO/c1-13(6-5-11(14)9-13)8-10-3-2-4-12(15)7-10/h2-4,7,11,15H,5-6,8-9H2,1H3. The summed E-state index contributed by atoms with van der Waals surface area (Å²) in [6.45, 7) is 2.35. The van der Waals surface area contributed by atoms with E-state index in [0.29, 0.717) is 16.0 Å². The van der Waals surface area contributed by atoms with Crippen molar-refractivity contribution in [3.8, 4) is 5.75 Å². The number of hydrogen-bond acceptors (Lipinski definition) is 1. The molecule has 1 aromatic carbocycles. The number of phenolic OH excluding ortho intramolecular Hbond substituents is 1. The summed E-state index contributed by atoms with van der Waals surface area (Å²) in [4.78, 5) is 0.680. The Kier molecular flexibility index (Phi) is 3.06. The van der Waals surface area contributed by atoms with Gasteiger partial charge in [-0.15, -0.1) is 0 Å². The smallest absolute Gasteiger partial charge is 0.115 e. The fourth-order valence-corrected chi connectivity index (χ4v) is 3.57. The summed E-state index contributed by atoms with van der Waals surface area (Å²) in [6.07, 6.45) is 4.86. The lowest BCUT2D eigenvalue weighted by molar-refractivity contribution is 0.335. The maximum atomic E-state index is 9.41. The van der Waals surface area contributed by atoms with E-state index in [1.54, 1.807) is 6.07 Å². The van der Waals surface area contributed by atoms with Crippen LogP contribution in [-0.2, 0) is 6.42 Å². The molecule has 0 heterocycles. The Morgan fingerprint density at radius 2 is 2.33 bits per heavy atom. The van der Waals surface area contributed by atoms with E-state index in [2.05, 4.69) is 28.9 Å². The molecule has 15 heavy (non-hydrogen) atoms. The molecule has 1 nitrogen and oxygen atoms in total. The summed E-state index contributed by atoms with van der Waals surface area (Å²) >= 11 is 3.69. The van der Waals surface area contributed by atoms with Crippen LogP contribution in [-0.4, -0.2) is 9.93 Å². The van der Waals surface area contributed by atoms with Gasteiger partial charge >= 0.3 is 0 Å². The number of benzene rings is 1. The van der Waals surface area contributed by atoms with Gasteiger partial charge in [0.2, 0.25) is 0 Å². The lowest BCUT2D eigenvalue weighted by Crippen LogP contribution is -2.15. The quantitative estimate of drug-likeness (QED) is 0.807. The highest BCUT2D eigenvalue weighted by Gasteiger charge is 2.33. The highest BCUT2D eigenvalue weighted by Crippen LogP contribution is 2.43. The zero-order valence-electron chi connectivity index (χ0n) is 9.04. The first-order valence-corrected chi connectivity index (χ1v) is 6.41. The highest BCUT2D eigenvalue weighted by molar-refractivity contribution is 9.09.